The Morgan fingerprint density at radius 3 is 2.42 bits per heavy atom. The van der Waals surface area contributed by atoms with Crippen molar-refractivity contribution in [1.82, 2.24) is 4.90 Å². The number of carbonyl (C=O) groups excluding carboxylic acids is 1. The van der Waals surface area contributed by atoms with Crippen molar-refractivity contribution in [2.75, 3.05) is 13.1 Å². The van der Waals surface area contributed by atoms with Crippen molar-refractivity contribution in [3.8, 4) is 0 Å². The van der Waals surface area contributed by atoms with E-state index in [1.807, 2.05) is 0 Å². The molecule has 3 nitrogen and oxygen atoms in total. The highest BCUT2D eigenvalue weighted by atomic mass is 16.2. The number of amides is 1. The molecule has 1 fully saturated rings. The Bertz CT molecular complexity index is 276. The van der Waals surface area contributed by atoms with Crippen LogP contribution < -0.4 is 5.73 Å². The first-order valence-electron chi connectivity index (χ1n) is 8.09. The molecule has 1 amide bonds. The molecule has 0 heterocycles. The number of hydrogen-bond acceptors (Lipinski definition) is 2. The molecular formula is C16H32N2O. The summed E-state index contributed by atoms with van der Waals surface area (Å²) < 4.78 is 0. The Morgan fingerprint density at radius 2 is 1.89 bits per heavy atom. The summed E-state index contributed by atoms with van der Waals surface area (Å²) in [5, 5.41) is 0. The average molecular weight is 268 g/mol. The highest BCUT2D eigenvalue weighted by Gasteiger charge is 2.34. The third-order valence-electron chi connectivity index (χ3n) is 5.01. The molecule has 1 aliphatic rings. The van der Waals surface area contributed by atoms with Crippen molar-refractivity contribution in [3.05, 3.63) is 0 Å². The van der Waals surface area contributed by atoms with Crippen LogP contribution in [0.3, 0.4) is 0 Å². The van der Waals surface area contributed by atoms with Gasteiger partial charge in [0.1, 0.15) is 0 Å². The lowest BCUT2D eigenvalue weighted by Crippen LogP contribution is -2.47. The Labute approximate surface area is 118 Å². The summed E-state index contributed by atoms with van der Waals surface area (Å²) in [6, 6.07) is 0.203. The van der Waals surface area contributed by atoms with E-state index in [0.29, 0.717) is 17.7 Å². The standard InChI is InChI=1S/C16H32N2O/c1-5-13(6-2)11-18(7-3)16(19)14-9-8-10-15(17)12(14)4/h12-15H,5-11,17H2,1-4H3. The lowest BCUT2D eigenvalue weighted by Gasteiger charge is -2.37. The second-order valence-corrected chi connectivity index (χ2v) is 6.12. The van der Waals surface area contributed by atoms with Gasteiger partial charge in [-0.15, -0.1) is 0 Å². The first-order chi connectivity index (χ1) is 9.04. The molecule has 0 spiro atoms. The minimum Gasteiger partial charge on any atom is -0.342 e. The minimum atomic E-state index is 0.151. The highest BCUT2D eigenvalue weighted by molar-refractivity contribution is 5.79. The van der Waals surface area contributed by atoms with Crippen LogP contribution >= 0.6 is 0 Å². The maximum Gasteiger partial charge on any atom is 0.226 e. The molecule has 1 saturated carbocycles. The molecule has 0 aromatic carbocycles. The molecule has 3 heteroatoms. The summed E-state index contributed by atoms with van der Waals surface area (Å²) in [6.45, 7) is 10.4. The van der Waals surface area contributed by atoms with Gasteiger partial charge in [-0.1, -0.05) is 40.0 Å². The largest absolute Gasteiger partial charge is 0.342 e. The van der Waals surface area contributed by atoms with Crippen molar-refractivity contribution < 1.29 is 4.79 Å². The molecule has 0 bridgehead atoms. The van der Waals surface area contributed by atoms with Gasteiger partial charge in [0, 0.05) is 25.0 Å². The molecule has 0 radical (unpaired) electrons. The maximum absolute atomic E-state index is 12.7. The molecule has 0 saturated heterocycles. The second-order valence-electron chi connectivity index (χ2n) is 6.12. The fraction of sp³-hybridized carbons (Fsp3) is 0.938. The number of nitrogens with zero attached hydrogens (tertiary/aromatic N) is 1. The molecule has 0 aromatic heterocycles. The minimum absolute atomic E-state index is 0.151. The topological polar surface area (TPSA) is 46.3 Å². The summed E-state index contributed by atoms with van der Waals surface area (Å²) in [5.41, 5.74) is 6.13. The van der Waals surface area contributed by atoms with E-state index in [4.69, 9.17) is 5.73 Å². The molecule has 1 aliphatic carbocycles. The smallest absolute Gasteiger partial charge is 0.226 e. The van der Waals surface area contributed by atoms with Gasteiger partial charge in [-0.05, 0) is 31.6 Å². The van der Waals surface area contributed by atoms with E-state index < -0.39 is 0 Å². The molecule has 0 aromatic rings. The van der Waals surface area contributed by atoms with E-state index >= 15 is 0 Å². The number of rotatable bonds is 6. The fourth-order valence-corrected chi connectivity index (χ4v) is 3.21. The zero-order valence-corrected chi connectivity index (χ0v) is 13.2. The van der Waals surface area contributed by atoms with Crippen LogP contribution in [0.25, 0.3) is 0 Å². The van der Waals surface area contributed by atoms with E-state index in [9.17, 15) is 4.79 Å². The average Bonchev–Trinajstić information content (AvgIpc) is 2.43. The first kappa shape index (κ1) is 16.5. The van der Waals surface area contributed by atoms with E-state index in [-0.39, 0.29) is 12.0 Å². The normalized spacial score (nSPS) is 27.6. The number of nitrogens with two attached hydrogens (primary N) is 1. The van der Waals surface area contributed by atoms with Crippen molar-refractivity contribution in [2.45, 2.75) is 65.8 Å². The molecule has 3 unspecified atom stereocenters. The van der Waals surface area contributed by atoms with Gasteiger partial charge in [-0.2, -0.15) is 0 Å². The van der Waals surface area contributed by atoms with Crippen LogP contribution in [0.4, 0.5) is 0 Å². The van der Waals surface area contributed by atoms with Gasteiger partial charge in [-0.3, -0.25) is 4.79 Å². The van der Waals surface area contributed by atoms with E-state index in [2.05, 4.69) is 32.6 Å². The lowest BCUT2D eigenvalue weighted by molar-refractivity contribution is -0.139. The molecule has 2 N–H and O–H groups in total. The Balaban J connectivity index is 2.66. The molecule has 112 valence electrons. The maximum atomic E-state index is 12.7. The van der Waals surface area contributed by atoms with Crippen LogP contribution in [-0.4, -0.2) is 29.9 Å². The molecule has 0 aliphatic heterocycles. The summed E-state index contributed by atoms with van der Waals surface area (Å²) in [6.07, 6.45) is 5.50. The van der Waals surface area contributed by atoms with Crippen LogP contribution in [0.1, 0.15) is 59.8 Å². The van der Waals surface area contributed by atoms with Crippen molar-refractivity contribution in [2.24, 2.45) is 23.5 Å². The SMILES string of the molecule is CCC(CC)CN(CC)C(=O)C1CCCC(N)C1C. The summed E-state index contributed by atoms with van der Waals surface area (Å²) >= 11 is 0. The van der Waals surface area contributed by atoms with Crippen LogP contribution in [-0.2, 0) is 4.79 Å². The highest BCUT2D eigenvalue weighted by Crippen LogP contribution is 2.30. The lowest BCUT2D eigenvalue weighted by atomic mass is 9.76. The molecule has 1 rings (SSSR count). The van der Waals surface area contributed by atoms with Crippen molar-refractivity contribution in [3.63, 3.8) is 0 Å². The van der Waals surface area contributed by atoms with Gasteiger partial charge in [0.25, 0.3) is 0 Å². The van der Waals surface area contributed by atoms with Crippen molar-refractivity contribution in [1.29, 1.82) is 0 Å². The monoisotopic (exact) mass is 268 g/mol. The van der Waals surface area contributed by atoms with Crippen LogP contribution in [0, 0.1) is 17.8 Å². The summed E-state index contributed by atoms with van der Waals surface area (Å²) in [7, 11) is 0. The van der Waals surface area contributed by atoms with Gasteiger partial charge in [0.05, 0.1) is 0 Å². The summed E-state index contributed by atoms with van der Waals surface area (Å²) in [5.74, 6) is 1.46. The van der Waals surface area contributed by atoms with Crippen LogP contribution in [0.2, 0.25) is 0 Å². The van der Waals surface area contributed by atoms with E-state index in [1.165, 1.54) is 0 Å². The van der Waals surface area contributed by atoms with Gasteiger partial charge >= 0.3 is 0 Å². The molecule has 19 heavy (non-hydrogen) atoms. The number of hydrogen-bond donors (Lipinski definition) is 1. The Morgan fingerprint density at radius 1 is 1.26 bits per heavy atom. The zero-order chi connectivity index (χ0) is 14.4. The zero-order valence-electron chi connectivity index (χ0n) is 13.2. The predicted molar refractivity (Wildman–Crippen MR) is 80.8 cm³/mol. The Kier molecular flexibility index (Phi) is 6.84. The van der Waals surface area contributed by atoms with E-state index in [1.54, 1.807) is 0 Å². The third kappa shape index (κ3) is 4.20. The fourth-order valence-electron chi connectivity index (χ4n) is 3.21. The third-order valence-corrected chi connectivity index (χ3v) is 5.01. The second kappa shape index (κ2) is 7.88. The van der Waals surface area contributed by atoms with Gasteiger partial charge in [-0.25, -0.2) is 0 Å². The quantitative estimate of drug-likeness (QED) is 0.805. The number of carbonyl (C=O) groups is 1. The summed E-state index contributed by atoms with van der Waals surface area (Å²) in [4.78, 5) is 14.8. The molecule has 3 atom stereocenters. The predicted octanol–water partition coefficient (Wildman–Crippen LogP) is 3.03. The van der Waals surface area contributed by atoms with Crippen LogP contribution in [0.5, 0.6) is 0 Å². The van der Waals surface area contributed by atoms with Gasteiger partial charge in [0.15, 0.2) is 0 Å². The van der Waals surface area contributed by atoms with Crippen LogP contribution in [0.15, 0.2) is 0 Å². The van der Waals surface area contributed by atoms with Gasteiger partial charge in [0.2, 0.25) is 5.91 Å². The molecular weight excluding hydrogens is 236 g/mol. The van der Waals surface area contributed by atoms with Crippen molar-refractivity contribution >= 4 is 5.91 Å². The van der Waals surface area contributed by atoms with E-state index in [0.717, 1.165) is 45.2 Å². The van der Waals surface area contributed by atoms with Gasteiger partial charge < -0.3 is 10.6 Å². The first-order valence-corrected chi connectivity index (χ1v) is 8.09. The Hall–Kier alpha value is -0.570.